The first kappa shape index (κ1) is 28.5. The molecule has 0 amide bonds. The number of ether oxygens (including phenoxy) is 2. The van der Waals surface area contributed by atoms with Crippen LogP contribution < -0.4 is 20.9 Å². The summed E-state index contributed by atoms with van der Waals surface area (Å²) in [5.74, 6) is -1.29. The summed E-state index contributed by atoms with van der Waals surface area (Å²) < 4.78 is 27.5. The van der Waals surface area contributed by atoms with E-state index >= 15 is 4.39 Å². The van der Waals surface area contributed by atoms with E-state index in [0.29, 0.717) is 17.9 Å². The van der Waals surface area contributed by atoms with Crippen molar-refractivity contribution in [3.63, 3.8) is 0 Å². The van der Waals surface area contributed by atoms with Crippen LogP contribution in [0.2, 0.25) is 0 Å². The molecule has 39 heavy (non-hydrogen) atoms. The van der Waals surface area contributed by atoms with Crippen LogP contribution in [0.3, 0.4) is 0 Å². The van der Waals surface area contributed by atoms with E-state index in [1.54, 1.807) is 42.5 Å². The highest BCUT2D eigenvalue weighted by molar-refractivity contribution is 5.94. The summed E-state index contributed by atoms with van der Waals surface area (Å²) in [7, 11) is 1.37. The van der Waals surface area contributed by atoms with Gasteiger partial charge in [-0.05, 0) is 37.1 Å². The average Bonchev–Trinajstić information content (AvgIpc) is 3.30. The maximum atomic E-state index is 15.6. The minimum atomic E-state index is -0.833. The van der Waals surface area contributed by atoms with Crippen molar-refractivity contribution >= 4 is 11.8 Å². The minimum absolute atomic E-state index is 0.0126. The molecule has 0 radical (unpaired) electrons. The molecule has 12 nitrogen and oxygen atoms in total. The first-order valence-electron chi connectivity index (χ1n) is 11.7. The van der Waals surface area contributed by atoms with Gasteiger partial charge in [0.25, 0.3) is 5.97 Å². The molecule has 0 fully saturated rings. The molecule has 0 spiro atoms. The molecule has 2 aromatic carbocycles. The number of methoxy groups -OCH3 is 1. The van der Waals surface area contributed by atoms with Crippen molar-refractivity contribution in [2.45, 2.75) is 26.2 Å². The van der Waals surface area contributed by atoms with E-state index < -0.39 is 23.4 Å². The van der Waals surface area contributed by atoms with Gasteiger partial charge in [0, 0.05) is 30.3 Å². The maximum absolute atomic E-state index is 15.6. The fourth-order valence-electron chi connectivity index (χ4n) is 3.71. The predicted molar refractivity (Wildman–Crippen MR) is 140 cm³/mol. The fraction of sp³-hybridized carbons (Fsp3) is 0.231. The van der Waals surface area contributed by atoms with E-state index in [1.807, 2.05) is 6.92 Å². The monoisotopic (exact) mass is 537 g/mol. The molecular weight excluding hydrogens is 509 g/mol. The molecule has 4 aromatic rings. The lowest BCUT2D eigenvalue weighted by molar-refractivity contribution is -0.134. The van der Waals surface area contributed by atoms with E-state index in [1.165, 1.54) is 19.4 Å². The van der Waals surface area contributed by atoms with Gasteiger partial charge < -0.3 is 20.3 Å². The Morgan fingerprint density at radius 3 is 2.51 bits per heavy atom. The molecule has 1 unspecified atom stereocenters. The number of carboxylic acids is 1. The SMILES string of the molecule is CC(=O)O.CCOc1cc(OC)c(F)c(C(Cc2ccc(C(=N)N)cc2)c2nn(-c3cccnn3)c(=O)[nH]2)c1. The summed E-state index contributed by atoms with van der Waals surface area (Å²) in [6.45, 7) is 3.28. The van der Waals surface area contributed by atoms with E-state index in [9.17, 15) is 4.79 Å². The first-order valence-corrected chi connectivity index (χ1v) is 11.7. The molecule has 0 aliphatic carbocycles. The van der Waals surface area contributed by atoms with Gasteiger partial charge in [-0.25, -0.2) is 9.18 Å². The number of carbonyl (C=O) groups is 1. The highest BCUT2D eigenvalue weighted by Crippen LogP contribution is 2.36. The number of hydrogen-bond donors (Lipinski definition) is 4. The smallest absolute Gasteiger partial charge is 0.349 e. The van der Waals surface area contributed by atoms with Gasteiger partial charge in [-0.2, -0.15) is 9.78 Å². The molecule has 2 aromatic heterocycles. The number of hydrogen-bond acceptors (Lipinski definition) is 8. The number of nitrogens with one attached hydrogen (secondary N) is 2. The number of nitrogens with zero attached hydrogens (tertiary/aromatic N) is 4. The Labute approximate surface area is 222 Å². The predicted octanol–water partition coefficient (Wildman–Crippen LogP) is 2.65. The number of benzene rings is 2. The van der Waals surface area contributed by atoms with Crippen molar-refractivity contribution < 1.29 is 23.8 Å². The standard InChI is InChI=1S/C24H24FN7O3.C2H4O2/c1-3-35-16-12-17(21(25)19(13-16)34-2)18(11-14-6-8-15(9-7-14)22(26)27)23-29-24(33)32(31-23)20-5-4-10-28-30-20;1-2(3)4/h4-10,12-13,18H,3,11H2,1-2H3,(H3,26,27)(H,29,31,33);1H3,(H,3,4). The van der Waals surface area contributed by atoms with Crippen molar-refractivity contribution in [2.75, 3.05) is 13.7 Å². The zero-order valence-corrected chi connectivity index (χ0v) is 21.5. The van der Waals surface area contributed by atoms with Crippen LogP contribution in [-0.4, -0.2) is 55.6 Å². The van der Waals surface area contributed by atoms with Gasteiger partial charge in [-0.1, -0.05) is 24.3 Å². The summed E-state index contributed by atoms with van der Waals surface area (Å²) in [5, 5.41) is 27.2. The van der Waals surface area contributed by atoms with Crippen LogP contribution in [-0.2, 0) is 11.2 Å². The van der Waals surface area contributed by atoms with Gasteiger partial charge in [0.05, 0.1) is 19.6 Å². The van der Waals surface area contributed by atoms with Crippen molar-refractivity contribution in [1.82, 2.24) is 25.0 Å². The van der Waals surface area contributed by atoms with Crippen LogP contribution in [0.4, 0.5) is 4.39 Å². The number of carboxylic acid groups (broad SMARTS) is 1. The fourth-order valence-corrected chi connectivity index (χ4v) is 3.71. The van der Waals surface area contributed by atoms with Gasteiger partial charge in [0.1, 0.15) is 17.4 Å². The minimum Gasteiger partial charge on any atom is -0.494 e. The van der Waals surface area contributed by atoms with E-state index in [4.69, 9.17) is 30.5 Å². The van der Waals surface area contributed by atoms with E-state index in [2.05, 4.69) is 20.3 Å². The molecule has 13 heteroatoms. The van der Waals surface area contributed by atoms with Crippen molar-refractivity contribution in [2.24, 2.45) is 5.73 Å². The van der Waals surface area contributed by atoms with Gasteiger partial charge >= 0.3 is 5.69 Å². The van der Waals surface area contributed by atoms with Gasteiger partial charge in [0.2, 0.25) is 0 Å². The van der Waals surface area contributed by atoms with Crippen LogP contribution in [0.25, 0.3) is 5.82 Å². The van der Waals surface area contributed by atoms with Crippen LogP contribution >= 0.6 is 0 Å². The summed E-state index contributed by atoms with van der Waals surface area (Å²) >= 11 is 0. The molecule has 0 aliphatic heterocycles. The quantitative estimate of drug-likeness (QED) is 0.184. The van der Waals surface area contributed by atoms with Crippen LogP contribution in [0, 0.1) is 11.2 Å². The van der Waals surface area contributed by atoms with Crippen LogP contribution in [0.5, 0.6) is 11.5 Å². The Hall–Kier alpha value is -5.07. The maximum Gasteiger partial charge on any atom is 0.349 e. The van der Waals surface area contributed by atoms with Gasteiger partial charge in [-0.15, -0.1) is 10.2 Å². The molecule has 1 atom stereocenters. The molecule has 4 rings (SSSR count). The topological polar surface area (TPSA) is 182 Å². The normalized spacial score (nSPS) is 11.2. The Kier molecular flexibility index (Phi) is 9.46. The number of H-pyrrole nitrogens is 1. The molecule has 0 bridgehead atoms. The largest absolute Gasteiger partial charge is 0.494 e. The number of aliphatic carboxylic acids is 1. The summed E-state index contributed by atoms with van der Waals surface area (Å²) in [6, 6.07) is 13.3. The zero-order valence-electron chi connectivity index (χ0n) is 21.5. The zero-order chi connectivity index (χ0) is 28.5. The lowest BCUT2D eigenvalue weighted by Gasteiger charge is -2.19. The highest BCUT2D eigenvalue weighted by atomic mass is 19.1. The summed E-state index contributed by atoms with van der Waals surface area (Å²) in [4.78, 5) is 24.5. The molecule has 2 heterocycles. The van der Waals surface area contributed by atoms with E-state index in [-0.39, 0.29) is 35.2 Å². The Bertz CT molecular complexity index is 1480. The molecule has 0 saturated carbocycles. The van der Waals surface area contributed by atoms with Crippen molar-refractivity contribution in [3.8, 4) is 17.3 Å². The second-order valence-corrected chi connectivity index (χ2v) is 8.16. The third-order valence-corrected chi connectivity index (χ3v) is 5.39. The average molecular weight is 538 g/mol. The lowest BCUT2D eigenvalue weighted by atomic mass is 9.90. The van der Waals surface area contributed by atoms with E-state index in [0.717, 1.165) is 17.2 Å². The van der Waals surface area contributed by atoms with Gasteiger partial charge in [-0.3, -0.25) is 15.2 Å². The Morgan fingerprint density at radius 1 is 1.26 bits per heavy atom. The summed E-state index contributed by atoms with van der Waals surface area (Å²) in [6.07, 6.45) is 1.76. The Balaban J connectivity index is 0.000000983. The van der Waals surface area contributed by atoms with Crippen LogP contribution in [0.15, 0.2) is 59.5 Å². The third-order valence-electron chi connectivity index (χ3n) is 5.39. The van der Waals surface area contributed by atoms with Crippen molar-refractivity contribution in [3.05, 3.63) is 93.5 Å². The molecule has 0 aliphatic rings. The number of halogens is 1. The molecule has 5 N–H and O–H groups in total. The molecule has 204 valence electrons. The number of aromatic amines is 1. The number of rotatable bonds is 9. The third kappa shape index (κ3) is 7.25. The Morgan fingerprint density at radius 2 is 1.95 bits per heavy atom. The second-order valence-electron chi connectivity index (χ2n) is 8.16. The number of aromatic nitrogens is 5. The first-order chi connectivity index (χ1) is 18.6. The molecular formula is C26H28FN7O5. The number of amidine groups is 1. The van der Waals surface area contributed by atoms with Crippen LogP contribution in [0.1, 0.15) is 42.3 Å². The summed E-state index contributed by atoms with van der Waals surface area (Å²) in [5.41, 5.74) is 6.65. The van der Waals surface area contributed by atoms with Crippen molar-refractivity contribution in [1.29, 1.82) is 5.41 Å². The number of nitrogen functional groups attached to an aromatic ring is 1. The highest BCUT2D eigenvalue weighted by Gasteiger charge is 2.27. The van der Waals surface area contributed by atoms with Gasteiger partial charge in [0.15, 0.2) is 17.4 Å². The number of nitrogens with two attached hydrogens (primary N) is 1. The lowest BCUT2D eigenvalue weighted by Crippen LogP contribution is -2.17. The molecule has 0 saturated heterocycles. The second kappa shape index (κ2) is 12.9.